The second-order valence-electron chi connectivity index (χ2n) is 5.78. The van der Waals surface area contributed by atoms with Crippen molar-refractivity contribution in [1.29, 1.82) is 0 Å². The van der Waals surface area contributed by atoms with Crippen LogP contribution in [0, 0.1) is 13.8 Å². The molecule has 8 heteroatoms. The van der Waals surface area contributed by atoms with Crippen LogP contribution < -0.4 is 21.2 Å². The largest absolute Gasteiger partial charge is 0.484 e. The molecule has 0 saturated carbocycles. The third kappa shape index (κ3) is 6.28. The van der Waals surface area contributed by atoms with Crippen molar-refractivity contribution in [3.63, 3.8) is 0 Å². The molecule has 0 atom stereocenters. The third-order valence-electron chi connectivity index (χ3n) is 3.61. The number of nitrogens with one attached hydrogen (secondary N) is 2. The molecule has 0 saturated heterocycles. The lowest BCUT2D eigenvalue weighted by atomic mass is 10.1. The molecule has 0 aliphatic rings. The number of primary amides is 1. The highest BCUT2D eigenvalue weighted by Gasteiger charge is 2.13. The Bertz CT molecular complexity index is 876. The van der Waals surface area contributed by atoms with Crippen molar-refractivity contribution in [3.8, 4) is 5.75 Å². The third-order valence-corrected chi connectivity index (χ3v) is 3.61. The van der Waals surface area contributed by atoms with Crippen LogP contribution in [0.25, 0.3) is 0 Å². The van der Waals surface area contributed by atoms with Gasteiger partial charge in [-0.05, 0) is 66.9 Å². The van der Waals surface area contributed by atoms with Crippen LogP contribution in [0.15, 0.2) is 47.6 Å². The number of carbonyl (C=O) groups excluding carboxylic acids is 3. The van der Waals surface area contributed by atoms with Crippen molar-refractivity contribution in [2.24, 2.45) is 10.8 Å². The predicted molar refractivity (Wildman–Crippen MR) is 101 cm³/mol. The smallest absolute Gasteiger partial charge is 0.329 e. The van der Waals surface area contributed by atoms with Gasteiger partial charge in [0.1, 0.15) is 5.75 Å². The summed E-state index contributed by atoms with van der Waals surface area (Å²) < 4.78 is 5.13. The molecule has 8 nitrogen and oxygen atoms in total. The lowest BCUT2D eigenvalue weighted by Crippen LogP contribution is -2.32. The van der Waals surface area contributed by atoms with E-state index in [1.54, 1.807) is 36.4 Å². The molecule has 0 heterocycles. The fourth-order valence-corrected chi connectivity index (χ4v) is 2.03. The van der Waals surface area contributed by atoms with Gasteiger partial charge in [0.25, 0.3) is 5.91 Å². The van der Waals surface area contributed by atoms with Gasteiger partial charge in [0.2, 0.25) is 0 Å². The second kappa shape index (κ2) is 9.14. The van der Waals surface area contributed by atoms with Crippen molar-refractivity contribution in [2.75, 3.05) is 11.9 Å². The first-order chi connectivity index (χ1) is 12.8. The van der Waals surface area contributed by atoms with E-state index < -0.39 is 17.7 Å². The normalized spacial score (nSPS) is 10.4. The Hall–Kier alpha value is -3.68. The summed E-state index contributed by atoms with van der Waals surface area (Å²) in [6, 6.07) is 11.9. The predicted octanol–water partition coefficient (Wildman–Crippen LogP) is 1.26. The monoisotopic (exact) mass is 368 g/mol. The van der Waals surface area contributed by atoms with Crippen molar-refractivity contribution in [3.05, 3.63) is 59.2 Å². The number of amides is 3. The average Bonchev–Trinajstić information content (AvgIpc) is 2.64. The van der Waals surface area contributed by atoms with Gasteiger partial charge in [-0.15, -0.1) is 0 Å². The highest BCUT2D eigenvalue weighted by molar-refractivity contribution is 6.39. The summed E-state index contributed by atoms with van der Waals surface area (Å²) in [4.78, 5) is 34.3. The standard InChI is InChI=1S/C19H20N4O4/c1-12-3-6-15(9-13(12)2)22-18(25)19(26)23-21-10-14-4-7-16(8-5-14)27-11-17(20)24/h3-10H,11H2,1-2H3,(H2,20,24)(H,22,25)(H,23,26). The van der Waals surface area contributed by atoms with Crippen molar-refractivity contribution in [2.45, 2.75) is 13.8 Å². The minimum atomic E-state index is -0.883. The highest BCUT2D eigenvalue weighted by Crippen LogP contribution is 2.14. The van der Waals surface area contributed by atoms with Crippen molar-refractivity contribution < 1.29 is 19.1 Å². The summed E-state index contributed by atoms with van der Waals surface area (Å²) in [6.07, 6.45) is 1.37. The van der Waals surface area contributed by atoms with Crippen LogP contribution in [0.2, 0.25) is 0 Å². The van der Waals surface area contributed by atoms with E-state index in [4.69, 9.17) is 10.5 Å². The summed E-state index contributed by atoms with van der Waals surface area (Å²) in [7, 11) is 0. The number of rotatable bonds is 6. The number of nitrogens with two attached hydrogens (primary N) is 1. The summed E-state index contributed by atoms with van der Waals surface area (Å²) in [5.41, 5.74) is 10.4. The Labute approximate surface area is 156 Å². The molecule has 0 bridgehead atoms. The number of hydrogen-bond acceptors (Lipinski definition) is 5. The van der Waals surface area contributed by atoms with Gasteiger partial charge in [0.15, 0.2) is 6.61 Å². The zero-order valence-electron chi connectivity index (χ0n) is 15.0. The number of benzene rings is 2. The molecule has 0 aliphatic carbocycles. The van der Waals surface area contributed by atoms with Crippen LogP contribution in [-0.4, -0.2) is 30.5 Å². The Morgan fingerprint density at radius 1 is 1.04 bits per heavy atom. The summed E-state index contributed by atoms with van der Waals surface area (Å²) in [5, 5.41) is 6.25. The molecule has 140 valence electrons. The second-order valence-corrected chi connectivity index (χ2v) is 5.78. The van der Waals surface area contributed by atoms with Gasteiger partial charge >= 0.3 is 11.8 Å². The van der Waals surface area contributed by atoms with Crippen LogP contribution in [0.5, 0.6) is 5.75 Å². The van der Waals surface area contributed by atoms with Crippen LogP contribution >= 0.6 is 0 Å². The van der Waals surface area contributed by atoms with Gasteiger partial charge in [0, 0.05) is 5.69 Å². The molecule has 0 unspecified atom stereocenters. The first kappa shape index (κ1) is 19.6. The lowest BCUT2D eigenvalue weighted by molar-refractivity contribution is -0.136. The van der Waals surface area contributed by atoms with E-state index in [-0.39, 0.29) is 6.61 Å². The van der Waals surface area contributed by atoms with Gasteiger partial charge in [-0.25, -0.2) is 5.43 Å². The maximum absolute atomic E-state index is 11.9. The van der Waals surface area contributed by atoms with Gasteiger partial charge < -0.3 is 15.8 Å². The fourth-order valence-electron chi connectivity index (χ4n) is 2.03. The Morgan fingerprint density at radius 2 is 1.74 bits per heavy atom. The summed E-state index contributed by atoms with van der Waals surface area (Å²) >= 11 is 0. The molecule has 4 N–H and O–H groups in total. The van der Waals surface area contributed by atoms with E-state index in [1.165, 1.54) is 6.21 Å². The van der Waals surface area contributed by atoms with E-state index in [0.717, 1.165) is 11.1 Å². The number of aryl methyl sites for hydroxylation is 2. The molecule has 3 amide bonds. The van der Waals surface area contributed by atoms with E-state index >= 15 is 0 Å². The number of nitrogens with zero attached hydrogens (tertiary/aromatic N) is 1. The van der Waals surface area contributed by atoms with Gasteiger partial charge in [-0.1, -0.05) is 6.07 Å². The molecule has 2 aromatic carbocycles. The first-order valence-electron chi connectivity index (χ1n) is 8.08. The zero-order valence-corrected chi connectivity index (χ0v) is 15.0. The SMILES string of the molecule is Cc1ccc(NC(=O)C(=O)NN=Cc2ccc(OCC(N)=O)cc2)cc1C. The van der Waals surface area contributed by atoms with E-state index in [0.29, 0.717) is 17.0 Å². The van der Waals surface area contributed by atoms with Crippen molar-refractivity contribution in [1.82, 2.24) is 5.43 Å². The molecule has 0 fully saturated rings. The van der Waals surface area contributed by atoms with Gasteiger partial charge in [-0.2, -0.15) is 5.10 Å². The average molecular weight is 368 g/mol. The molecule has 0 radical (unpaired) electrons. The molecule has 0 spiro atoms. The molecule has 0 aliphatic heterocycles. The van der Waals surface area contributed by atoms with Gasteiger partial charge in [-0.3, -0.25) is 14.4 Å². The van der Waals surface area contributed by atoms with Crippen LogP contribution in [0.1, 0.15) is 16.7 Å². The minimum absolute atomic E-state index is 0.209. The zero-order chi connectivity index (χ0) is 19.8. The van der Waals surface area contributed by atoms with Crippen molar-refractivity contribution >= 4 is 29.6 Å². The quantitative estimate of drug-likeness (QED) is 0.403. The van der Waals surface area contributed by atoms with Gasteiger partial charge in [0.05, 0.1) is 6.21 Å². The minimum Gasteiger partial charge on any atom is -0.484 e. The number of anilines is 1. The van der Waals surface area contributed by atoms with Crippen LogP contribution in [-0.2, 0) is 14.4 Å². The molecular formula is C19H20N4O4. The van der Waals surface area contributed by atoms with E-state index in [2.05, 4.69) is 15.8 Å². The highest BCUT2D eigenvalue weighted by atomic mass is 16.5. The van der Waals surface area contributed by atoms with E-state index in [9.17, 15) is 14.4 Å². The Balaban J connectivity index is 1.85. The first-order valence-corrected chi connectivity index (χ1v) is 8.08. The Kier molecular flexibility index (Phi) is 6.65. The Morgan fingerprint density at radius 3 is 2.37 bits per heavy atom. The number of hydrogen-bond donors (Lipinski definition) is 3. The molecule has 2 rings (SSSR count). The molecular weight excluding hydrogens is 348 g/mol. The summed E-state index contributed by atoms with van der Waals surface area (Å²) in [6.45, 7) is 3.66. The summed E-state index contributed by atoms with van der Waals surface area (Å²) in [5.74, 6) is -1.79. The van der Waals surface area contributed by atoms with E-state index in [1.807, 2.05) is 19.9 Å². The van der Waals surface area contributed by atoms with Crippen LogP contribution in [0.3, 0.4) is 0 Å². The maximum Gasteiger partial charge on any atom is 0.329 e. The number of ether oxygens (including phenoxy) is 1. The maximum atomic E-state index is 11.9. The topological polar surface area (TPSA) is 123 Å². The fraction of sp³-hybridized carbons (Fsp3) is 0.158. The molecule has 27 heavy (non-hydrogen) atoms. The lowest BCUT2D eigenvalue weighted by Gasteiger charge is -2.06. The molecule has 2 aromatic rings. The van der Waals surface area contributed by atoms with Crippen LogP contribution in [0.4, 0.5) is 5.69 Å². The number of hydrazone groups is 1. The number of carbonyl (C=O) groups is 3. The molecule has 0 aromatic heterocycles.